The molecule has 0 spiro atoms. The van der Waals surface area contributed by atoms with Crippen LogP contribution in [0.5, 0.6) is 0 Å². The number of aryl methyl sites for hydroxylation is 3. The lowest BCUT2D eigenvalue weighted by Gasteiger charge is -2.23. The molecule has 0 bridgehead atoms. The highest BCUT2D eigenvalue weighted by Crippen LogP contribution is 2.27. The molecule has 1 aromatic carbocycles. The summed E-state index contributed by atoms with van der Waals surface area (Å²) in [6.07, 6.45) is 3.67. The van der Waals surface area contributed by atoms with Gasteiger partial charge in [-0.05, 0) is 43.2 Å². The van der Waals surface area contributed by atoms with Gasteiger partial charge < -0.3 is 0 Å². The van der Waals surface area contributed by atoms with Crippen molar-refractivity contribution in [3.63, 3.8) is 0 Å². The maximum absolute atomic E-state index is 12.2. The zero-order valence-corrected chi connectivity index (χ0v) is 12.5. The summed E-state index contributed by atoms with van der Waals surface area (Å²) in [7, 11) is 1.78. The van der Waals surface area contributed by atoms with Crippen LogP contribution in [0.2, 0.25) is 0 Å². The average Bonchev–Trinajstić information content (AvgIpc) is 2.76. The molecule has 0 saturated carbocycles. The Morgan fingerprint density at radius 2 is 2.14 bits per heavy atom. The van der Waals surface area contributed by atoms with Crippen molar-refractivity contribution in [1.29, 1.82) is 0 Å². The zero-order chi connectivity index (χ0) is 14.8. The Hall–Kier alpha value is -2.17. The molecule has 0 saturated heterocycles. The van der Waals surface area contributed by atoms with E-state index in [1.165, 1.54) is 11.1 Å². The second kappa shape index (κ2) is 5.68. The highest BCUT2D eigenvalue weighted by Gasteiger charge is 2.21. The molecule has 3 rings (SSSR count). The molecule has 1 aliphatic rings. The van der Waals surface area contributed by atoms with Crippen LogP contribution in [0.4, 0.5) is 5.95 Å². The van der Waals surface area contributed by atoms with Crippen molar-refractivity contribution in [2.75, 3.05) is 5.32 Å². The average molecular weight is 284 g/mol. The zero-order valence-electron chi connectivity index (χ0n) is 12.5. The fraction of sp³-hybridized carbons (Fsp3) is 0.438. The van der Waals surface area contributed by atoms with Crippen molar-refractivity contribution < 1.29 is 4.79 Å². The number of fused-ring (bicyclic) bond motifs is 1. The predicted molar refractivity (Wildman–Crippen MR) is 80.9 cm³/mol. The van der Waals surface area contributed by atoms with Gasteiger partial charge in [0.15, 0.2) is 0 Å². The van der Waals surface area contributed by atoms with Gasteiger partial charge in [0.1, 0.15) is 5.82 Å². The van der Waals surface area contributed by atoms with Gasteiger partial charge in [-0.25, -0.2) is 4.68 Å². The maximum Gasteiger partial charge on any atom is 0.227 e. The lowest BCUT2D eigenvalue weighted by atomic mass is 9.82. The predicted octanol–water partition coefficient (Wildman–Crippen LogP) is 2.26. The molecule has 1 heterocycles. The standard InChI is InChI=1S/C16H20N4O/c1-11-17-16(20(2)19-11)18-15(21)10-12-7-8-13-5-3-4-6-14(13)9-12/h3-6,12H,7-10H2,1-2H3,(H,17,18,19,21). The van der Waals surface area contributed by atoms with Crippen molar-refractivity contribution in [2.24, 2.45) is 13.0 Å². The first-order valence-electron chi connectivity index (χ1n) is 7.36. The van der Waals surface area contributed by atoms with Crippen molar-refractivity contribution >= 4 is 11.9 Å². The fourth-order valence-electron chi connectivity index (χ4n) is 3.01. The molecule has 0 fully saturated rings. The molecule has 1 atom stereocenters. The quantitative estimate of drug-likeness (QED) is 0.940. The van der Waals surface area contributed by atoms with Crippen LogP contribution in [0.25, 0.3) is 0 Å². The van der Waals surface area contributed by atoms with Crippen molar-refractivity contribution in [3.05, 3.63) is 41.2 Å². The third-order valence-electron chi connectivity index (χ3n) is 4.04. The lowest BCUT2D eigenvalue weighted by molar-refractivity contribution is -0.117. The third kappa shape index (κ3) is 3.12. The molecule has 1 aromatic heterocycles. The SMILES string of the molecule is Cc1nc(NC(=O)CC2CCc3ccccc3C2)n(C)n1. The number of rotatable bonds is 3. The van der Waals surface area contributed by atoms with E-state index in [9.17, 15) is 4.79 Å². The van der Waals surface area contributed by atoms with Crippen molar-refractivity contribution in [1.82, 2.24) is 14.8 Å². The highest BCUT2D eigenvalue weighted by atomic mass is 16.1. The van der Waals surface area contributed by atoms with Gasteiger partial charge >= 0.3 is 0 Å². The summed E-state index contributed by atoms with van der Waals surface area (Å²) in [5.41, 5.74) is 2.81. The number of benzene rings is 1. The van der Waals surface area contributed by atoms with Gasteiger partial charge in [0, 0.05) is 13.5 Å². The number of carbonyl (C=O) groups excluding carboxylic acids is 1. The number of nitrogens with one attached hydrogen (secondary N) is 1. The molecule has 1 N–H and O–H groups in total. The van der Waals surface area contributed by atoms with Gasteiger partial charge in [0.05, 0.1) is 0 Å². The molecule has 5 heteroatoms. The summed E-state index contributed by atoms with van der Waals surface area (Å²) in [4.78, 5) is 16.4. The number of anilines is 1. The minimum Gasteiger partial charge on any atom is -0.295 e. The van der Waals surface area contributed by atoms with E-state index >= 15 is 0 Å². The van der Waals surface area contributed by atoms with E-state index in [0.717, 1.165) is 19.3 Å². The van der Waals surface area contributed by atoms with Crippen molar-refractivity contribution in [2.45, 2.75) is 32.6 Å². The molecular formula is C16H20N4O. The van der Waals surface area contributed by atoms with Crippen LogP contribution < -0.4 is 5.32 Å². The first-order chi connectivity index (χ1) is 10.1. The first-order valence-corrected chi connectivity index (χ1v) is 7.36. The van der Waals surface area contributed by atoms with Crippen LogP contribution in [0.15, 0.2) is 24.3 Å². The summed E-state index contributed by atoms with van der Waals surface area (Å²) in [5, 5.41) is 6.98. The van der Waals surface area contributed by atoms with Gasteiger partial charge in [0.25, 0.3) is 0 Å². The Morgan fingerprint density at radius 3 is 2.86 bits per heavy atom. The van der Waals surface area contributed by atoms with E-state index in [1.807, 2.05) is 6.92 Å². The van der Waals surface area contributed by atoms with Crippen LogP contribution in [-0.4, -0.2) is 20.7 Å². The first kappa shape index (κ1) is 13.8. The van der Waals surface area contributed by atoms with E-state index in [1.54, 1.807) is 11.7 Å². The second-order valence-electron chi connectivity index (χ2n) is 5.74. The van der Waals surface area contributed by atoms with Gasteiger partial charge in [-0.3, -0.25) is 10.1 Å². The van der Waals surface area contributed by atoms with E-state index in [4.69, 9.17) is 0 Å². The molecular weight excluding hydrogens is 264 g/mol. The Kier molecular flexibility index (Phi) is 3.73. The third-order valence-corrected chi connectivity index (χ3v) is 4.04. The minimum atomic E-state index is 0.0230. The molecule has 1 aliphatic carbocycles. The fourth-order valence-corrected chi connectivity index (χ4v) is 3.01. The largest absolute Gasteiger partial charge is 0.295 e. The lowest BCUT2D eigenvalue weighted by Crippen LogP contribution is -2.22. The Balaban J connectivity index is 1.60. The Bertz CT molecular complexity index is 662. The second-order valence-corrected chi connectivity index (χ2v) is 5.74. The molecule has 0 radical (unpaired) electrons. The smallest absolute Gasteiger partial charge is 0.227 e. The molecule has 110 valence electrons. The number of hydrogen-bond acceptors (Lipinski definition) is 3. The highest BCUT2D eigenvalue weighted by molar-refractivity contribution is 5.89. The number of aromatic nitrogens is 3. The van der Waals surface area contributed by atoms with Crippen LogP contribution >= 0.6 is 0 Å². The Morgan fingerprint density at radius 1 is 1.38 bits per heavy atom. The van der Waals surface area contributed by atoms with E-state index < -0.39 is 0 Å². The molecule has 0 aliphatic heterocycles. The monoisotopic (exact) mass is 284 g/mol. The summed E-state index contributed by atoms with van der Waals surface area (Å²) < 4.78 is 1.60. The molecule has 1 amide bonds. The van der Waals surface area contributed by atoms with E-state index in [2.05, 4.69) is 39.7 Å². The van der Waals surface area contributed by atoms with E-state index in [0.29, 0.717) is 24.1 Å². The summed E-state index contributed by atoms with van der Waals surface area (Å²) in [5.74, 6) is 1.62. The number of hydrogen-bond donors (Lipinski definition) is 1. The molecule has 21 heavy (non-hydrogen) atoms. The summed E-state index contributed by atoms with van der Waals surface area (Å²) >= 11 is 0. The van der Waals surface area contributed by atoms with Gasteiger partial charge in [-0.15, -0.1) is 0 Å². The minimum absolute atomic E-state index is 0.0230. The topological polar surface area (TPSA) is 59.8 Å². The van der Waals surface area contributed by atoms with Crippen LogP contribution in [0.3, 0.4) is 0 Å². The van der Waals surface area contributed by atoms with Gasteiger partial charge in [-0.2, -0.15) is 10.1 Å². The normalized spacial score (nSPS) is 17.3. The molecule has 1 unspecified atom stereocenters. The van der Waals surface area contributed by atoms with Crippen molar-refractivity contribution in [3.8, 4) is 0 Å². The molecule has 2 aromatic rings. The number of nitrogens with zero attached hydrogens (tertiary/aromatic N) is 3. The number of carbonyl (C=O) groups is 1. The summed E-state index contributed by atoms with van der Waals surface area (Å²) in [6.45, 7) is 1.81. The van der Waals surface area contributed by atoms with Crippen LogP contribution in [-0.2, 0) is 24.7 Å². The van der Waals surface area contributed by atoms with Crippen LogP contribution in [0, 0.1) is 12.8 Å². The van der Waals surface area contributed by atoms with Crippen LogP contribution in [0.1, 0.15) is 29.8 Å². The Labute approximate surface area is 124 Å². The van der Waals surface area contributed by atoms with E-state index in [-0.39, 0.29) is 5.91 Å². The molecule has 5 nitrogen and oxygen atoms in total. The van der Waals surface area contributed by atoms with Gasteiger partial charge in [0.2, 0.25) is 11.9 Å². The number of amides is 1. The summed E-state index contributed by atoms with van der Waals surface area (Å²) in [6, 6.07) is 8.52. The van der Waals surface area contributed by atoms with Gasteiger partial charge in [-0.1, -0.05) is 24.3 Å². The maximum atomic E-state index is 12.2.